The van der Waals surface area contributed by atoms with Gasteiger partial charge in [-0.25, -0.2) is 0 Å². The lowest BCUT2D eigenvalue weighted by Gasteiger charge is -2.37. The van der Waals surface area contributed by atoms with Gasteiger partial charge in [0, 0.05) is 31.7 Å². The van der Waals surface area contributed by atoms with E-state index >= 15 is 0 Å². The Labute approximate surface area is 131 Å². The van der Waals surface area contributed by atoms with Gasteiger partial charge in [-0.15, -0.1) is 0 Å². The fourth-order valence-corrected chi connectivity index (χ4v) is 2.88. The molecule has 0 aromatic heterocycles. The number of benzene rings is 1. The molecular weight excluding hydrogens is 284 g/mol. The van der Waals surface area contributed by atoms with Gasteiger partial charge in [0.15, 0.2) is 0 Å². The van der Waals surface area contributed by atoms with E-state index in [1.54, 1.807) is 32.4 Å². The molecule has 1 atom stereocenters. The summed E-state index contributed by atoms with van der Waals surface area (Å²) in [4.78, 5) is 16.2. The van der Waals surface area contributed by atoms with Crippen molar-refractivity contribution in [2.75, 3.05) is 46.9 Å². The summed E-state index contributed by atoms with van der Waals surface area (Å²) < 4.78 is 10.6. The molecule has 0 spiro atoms. The van der Waals surface area contributed by atoms with E-state index in [0.29, 0.717) is 17.1 Å². The summed E-state index contributed by atoms with van der Waals surface area (Å²) in [5, 5.41) is 9.73. The summed E-state index contributed by atoms with van der Waals surface area (Å²) >= 11 is 0. The van der Waals surface area contributed by atoms with E-state index in [1.165, 1.54) is 0 Å². The Morgan fingerprint density at radius 2 is 1.91 bits per heavy atom. The molecule has 1 aromatic carbocycles. The van der Waals surface area contributed by atoms with Gasteiger partial charge in [-0.3, -0.25) is 9.69 Å². The van der Waals surface area contributed by atoms with Crippen LogP contribution in [0.4, 0.5) is 0 Å². The van der Waals surface area contributed by atoms with Crippen LogP contribution in [0.2, 0.25) is 0 Å². The van der Waals surface area contributed by atoms with Crippen LogP contribution in [0.5, 0.6) is 11.5 Å². The lowest BCUT2D eigenvalue weighted by molar-refractivity contribution is -0.144. The zero-order valence-corrected chi connectivity index (χ0v) is 13.4. The number of hydrogen-bond donors (Lipinski definition) is 1. The zero-order valence-electron chi connectivity index (χ0n) is 13.4. The van der Waals surface area contributed by atoms with Gasteiger partial charge >= 0.3 is 5.97 Å². The molecule has 1 N–H and O–H groups in total. The van der Waals surface area contributed by atoms with Gasteiger partial charge in [0.25, 0.3) is 0 Å². The molecule has 0 saturated carbocycles. The van der Waals surface area contributed by atoms with E-state index in [0.717, 1.165) is 32.7 Å². The number of hydrogen-bond acceptors (Lipinski definition) is 5. The number of nitrogens with zero attached hydrogens (tertiary/aromatic N) is 2. The standard InChI is InChI=1S/C16H24N2O4/c1-4-17-7-9-18(10-8-17)15(16(19)20)13-11-12(21-2)5-6-14(13)22-3/h5-6,11,15H,4,7-10H2,1-3H3,(H,19,20). The van der Waals surface area contributed by atoms with Crippen LogP contribution in [-0.4, -0.2) is 67.8 Å². The quantitative estimate of drug-likeness (QED) is 0.858. The number of ether oxygens (including phenoxy) is 2. The lowest BCUT2D eigenvalue weighted by atomic mass is 10.0. The van der Waals surface area contributed by atoms with E-state index in [1.807, 2.05) is 4.90 Å². The van der Waals surface area contributed by atoms with Crippen molar-refractivity contribution in [3.8, 4) is 11.5 Å². The van der Waals surface area contributed by atoms with Crippen LogP contribution >= 0.6 is 0 Å². The van der Waals surface area contributed by atoms with Crippen LogP contribution in [0.1, 0.15) is 18.5 Å². The minimum Gasteiger partial charge on any atom is -0.497 e. The number of rotatable bonds is 6. The minimum absolute atomic E-state index is 0.575. The van der Waals surface area contributed by atoms with Crippen molar-refractivity contribution < 1.29 is 19.4 Å². The number of carbonyl (C=O) groups is 1. The molecule has 6 nitrogen and oxygen atoms in total. The average Bonchev–Trinajstić information content (AvgIpc) is 2.55. The van der Waals surface area contributed by atoms with Crippen LogP contribution < -0.4 is 9.47 Å². The highest BCUT2D eigenvalue weighted by atomic mass is 16.5. The molecular formula is C16H24N2O4. The van der Waals surface area contributed by atoms with Crippen LogP contribution in [0, 0.1) is 0 Å². The van der Waals surface area contributed by atoms with Gasteiger partial charge in [-0.1, -0.05) is 6.92 Å². The van der Waals surface area contributed by atoms with Gasteiger partial charge in [0.1, 0.15) is 17.5 Å². The number of carboxylic acid groups (broad SMARTS) is 1. The summed E-state index contributed by atoms with van der Waals surface area (Å²) in [6.45, 7) is 6.33. The molecule has 2 rings (SSSR count). The van der Waals surface area contributed by atoms with Gasteiger partial charge in [-0.2, -0.15) is 0 Å². The van der Waals surface area contributed by atoms with Crippen LogP contribution in [-0.2, 0) is 4.79 Å². The summed E-state index contributed by atoms with van der Waals surface area (Å²) in [6, 6.07) is 4.57. The number of likely N-dealkylation sites (N-methyl/N-ethyl adjacent to an activating group) is 1. The largest absolute Gasteiger partial charge is 0.497 e. The molecule has 1 fully saturated rings. The molecule has 122 valence electrons. The smallest absolute Gasteiger partial charge is 0.325 e. The Morgan fingerprint density at radius 3 is 2.41 bits per heavy atom. The van der Waals surface area contributed by atoms with Gasteiger partial charge in [-0.05, 0) is 24.7 Å². The number of aliphatic carboxylic acids is 1. The normalized spacial score (nSPS) is 18.0. The minimum atomic E-state index is -0.864. The second-order valence-corrected chi connectivity index (χ2v) is 5.32. The molecule has 0 radical (unpaired) electrons. The van der Waals surface area contributed by atoms with Crippen molar-refractivity contribution in [3.63, 3.8) is 0 Å². The first-order valence-corrected chi connectivity index (χ1v) is 7.51. The molecule has 0 aliphatic carbocycles. The highest BCUT2D eigenvalue weighted by molar-refractivity contribution is 5.77. The molecule has 0 amide bonds. The first-order chi connectivity index (χ1) is 10.6. The molecule has 1 aromatic rings. The number of methoxy groups -OCH3 is 2. The van der Waals surface area contributed by atoms with Crippen molar-refractivity contribution in [1.29, 1.82) is 0 Å². The van der Waals surface area contributed by atoms with E-state index in [2.05, 4.69) is 11.8 Å². The number of piperazine rings is 1. The van der Waals surface area contributed by atoms with Gasteiger partial charge < -0.3 is 19.5 Å². The summed E-state index contributed by atoms with van der Waals surface area (Å²) in [7, 11) is 3.13. The molecule has 1 aliphatic heterocycles. The van der Waals surface area contributed by atoms with Crippen LogP contribution in [0.3, 0.4) is 0 Å². The van der Waals surface area contributed by atoms with E-state index in [-0.39, 0.29) is 0 Å². The zero-order chi connectivity index (χ0) is 16.1. The van der Waals surface area contributed by atoms with E-state index < -0.39 is 12.0 Å². The number of carboxylic acids is 1. The maximum Gasteiger partial charge on any atom is 0.325 e. The van der Waals surface area contributed by atoms with Crippen molar-refractivity contribution in [1.82, 2.24) is 9.80 Å². The first kappa shape index (κ1) is 16.6. The Hall–Kier alpha value is -1.79. The lowest BCUT2D eigenvalue weighted by Crippen LogP contribution is -2.49. The fraction of sp³-hybridized carbons (Fsp3) is 0.562. The maximum atomic E-state index is 11.9. The summed E-state index contributed by atoms with van der Waals surface area (Å²) in [5.41, 5.74) is 0.638. The Morgan fingerprint density at radius 1 is 1.23 bits per heavy atom. The molecule has 1 unspecified atom stereocenters. The van der Waals surface area contributed by atoms with E-state index in [4.69, 9.17) is 9.47 Å². The highest BCUT2D eigenvalue weighted by Crippen LogP contribution is 2.33. The predicted molar refractivity (Wildman–Crippen MR) is 83.6 cm³/mol. The summed E-state index contributed by atoms with van der Waals surface area (Å²) in [5.74, 6) is 0.344. The molecule has 0 bridgehead atoms. The second kappa shape index (κ2) is 7.47. The second-order valence-electron chi connectivity index (χ2n) is 5.32. The third-order valence-electron chi connectivity index (χ3n) is 4.18. The first-order valence-electron chi connectivity index (χ1n) is 7.51. The monoisotopic (exact) mass is 308 g/mol. The van der Waals surface area contributed by atoms with Gasteiger partial charge in [0.2, 0.25) is 0 Å². The SMILES string of the molecule is CCN1CCN(C(C(=O)O)c2cc(OC)ccc2OC)CC1. The molecule has 1 saturated heterocycles. The third-order valence-corrected chi connectivity index (χ3v) is 4.18. The fourth-order valence-electron chi connectivity index (χ4n) is 2.88. The van der Waals surface area contributed by atoms with Crippen molar-refractivity contribution in [2.45, 2.75) is 13.0 Å². The Balaban J connectivity index is 2.30. The van der Waals surface area contributed by atoms with Crippen LogP contribution in [0.15, 0.2) is 18.2 Å². The van der Waals surface area contributed by atoms with Crippen molar-refractivity contribution in [3.05, 3.63) is 23.8 Å². The Kier molecular flexibility index (Phi) is 5.63. The molecule has 1 heterocycles. The third kappa shape index (κ3) is 3.51. The van der Waals surface area contributed by atoms with Crippen molar-refractivity contribution in [2.24, 2.45) is 0 Å². The van der Waals surface area contributed by atoms with Gasteiger partial charge in [0.05, 0.1) is 14.2 Å². The predicted octanol–water partition coefficient (Wildman–Crippen LogP) is 1.47. The maximum absolute atomic E-state index is 11.9. The average molecular weight is 308 g/mol. The topological polar surface area (TPSA) is 62.2 Å². The molecule has 22 heavy (non-hydrogen) atoms. The molecule has 6 heteroatoms. The highest BCUT2D eigenvalue weighted by Gasteiger charge is 2.32. The Bertz CT molecular complexity index is 513. The van der Waals surface area contributed by atoms with Crippen molar-refractivity contribution >= 4 is 5.97 Å². The van der Waals surface area contributed by atoms with E-state index in [9.17, 15) is 9.90 Å². The molecule has 1 aliphatic rings. The summed E-state index contributed by atoms with van der Waals surface area (Å²) in [6.07, 6.45) is 0. The van der Waals surface area contributed by atoms with Crippen LogP contribution in [0.25, 0.3) is 0 Å².